The molecule has 0 amide bonds. The number of hydrogen-bond donors (Lipinski definition) is 1. The number of nitrogens with zero attached hydrogens (tertiary/aromatic N) is 1. The lowest BCUT2D eigenvalue weighted by Crippen LogP contribution is -2.22. The van der Waals surface area contributed by atoms with Gasteiger partial charge in [0.05, 0.1) is 17.8 Å². The van der Waals surface area contributed by atoms with Gasteiger partial charge in [0.25, 0.3) is 0 Å². The highest BCUT2D eigenvalue weighted by Gasteiger charge is 2.17. The van der Waals surface area contributed by atoms with E-state index >= 15 is 0 Å². The lowest BCUT2D eigenvalue weighted by atomic mass is 10.3. The number of methoxy groups -OCH3 is 1. The monoisotopic (exact) mass is 242 g/mol. The number of hydrogen-bond acceptors (Lipinski definition) is 5. The predicted molar refractivity (Wildman–Crippen MR) is 68.2 cm³/mol. The first-order chi connectivity index (χ1) is 7.63. The average Bonchev–Trinajstić information content (AvgIpc) is 2.67. The Kier molecular flexibility index (Phi) is 4.61. The fourth-order valence-corrected chi connectivity index (χ4v) is 2.58. The second-order valence-corrected chi connectivity index (χ2v) is 4.47. The predicted octanol–water partition coefficient (Wildman–Crippen LogP) is 2.35. The lowest BCUT2D eigenvalue weighted by molar-refractivity contribution is 0.0607. The van der Waals surface area contributed by atoms with Crippen LogP contribution in [0.15, 0.2) is 6.07 Å². The van der Waals surface area contributed by atoms with Crippen molar-refractivity contribution in [3.05, 3.63) is 10.9 Å². The van der Waals surface area contributed by atoms with E-state index in [9.17, 15) is 4.79 Å². The van der Waals surface area contributed by atoms with E-state index in [0.717, 1.165) is 24.5 Å². The van der Waals surface area contributed by atoms with Gasteiger partial charge in [0.15, 0.2) is 0 Å². The van der Waals surface area contributed by atoms with Crippen molar-refractivity contribution in [3.63, 3.8) is 0 Å². The molecule has 2 N–H and O–H groups in total. The summed E-state index contributed by atoms with van der Waals surface area (Å²) in [6.45, 7) is 6.09. The fourth-order valence-electron chi connectivity index (χ4n) is 1.49. The van der Waals surface area contributed by atoms with E-state index in [4.69, 9.17) is 5.73 Å². The Hall–Kier alpha value is -1.23. The topological polar surface area (TPSA) is 55.6 Å². The molecule has 0 atom stereocenters. The van der Waals surface area contributed by atoms with Gasteiger partial charge in [0, 0.05) is 13.1 Å². The zero-order valence-electron chi connectivity index (χ0n) is 9.95. The molecule has 4 nitrogen and oxygen atoms in total. The first kappa shape index (κ1) is 12.8. The van der Waals surface area contributed by atoms with Crippen molar-refractivity contribution >= 4 is 28.0 Å². The summed E-state index contributed by atoms with van der Waals surface area (Å²) in [5.41, 5.74) is 6.29. The molecule has 1 rings (SSSR count). The Labute approximate surface area is 100 Å². The highest BCUT2D eigenvalue weighted by molar-refractivity contribution is 7.18. The molecular formula is C11H18N2O2S. The normalized spacial score (nSPS) is 10.2. The molecule has 0 saturated carbocycles. The minimum Gasteiger partial charge on any atom is -0.465 e. The number of nitrogen functional groups attached to an aromatic ring is 1. The zero-order valence-corrected chi connectivity index (χ0v) is 10.8. The summed E-state index contributed by atoms with van der Waals surface area (Å²) in [5.74, 6) is -0.360. The summed E-state index contributed by atoms with van der Waals surface area (Å²) in [4.78, 5) is 14.1. The van der Waals surface area contributed by atoms with Gasteiger partial charge in [-0.05, 0) is 19.4 Å². The zero-order chi connectivity index (χ0) is 12.1. The van der Waals surface area contributed by atoms with Gasteiger partial charge in [-0.25, -0.2) is 4.79 Å². The number of esters is 1. The van der Waals surface area contributed by atoms with Crippen LogP contribution in [0.5, 0.6) is 0 Å². The van der Waals surface area contributed by atoms with Crippen molar-refractivity contribution in [2.45, 2.75) is 20.3 Å². The van der Waals surface area contributed by atoms with Crippen molar-refractivity contribution in [2.75, 3.05) is 30.8 Å². The Morgan fingerprint density at radius 3 is 2.75 bits per heavy atom. The maximum Gasteiger partial charge on any atom is 0.350 e. The standard InChI is InChI=1S/C11H18N2O2S/c1-4-6-13(5-2)9-7-8(12)10(16-9)11(14)15-3/h7H,4-6,12H2,1-3H3. The summed E-state index contributed by atoms with van der Waals surface area (Å²) in [7, 11) is 1.37. The van der Waals surface area contributed by atoms with Gasteiger partial charge in [0.1, 0.15) is 4.88 Å². The van der Waals surface area contributed by atoms with Crippen molar-refractivity contribution in [1.29, 1.82) is 0 Å². The first-order valence-corrected chi connectivity index (χ1v) is 6.18. The van der Waals surface area contributed by atoms with E-state index < -0.39 is 0 Å². The number of carbonyl (C=O) groups is 1. The molecule has 1 aromatic heterocycles. The third-order valence-corrected chi connectivity index (χ3v) is 3.50. The Bertz CT molecular complexity index is 363. The van der Waals surface area contributed by atoms with Gasteiger partial charge in [-0.3, -0.25) is 0 Å². The van der Waals surface area contributed by atoms with Crippen LogP contribution in [0.1, 0.15) is 29.9 Å². The largest absolute Gasteiger partial charge is 0.465 e. The van der Waals surface area contributed by atoms with Crippen LogP contribution >= 0.6 is 11.3 Å². The van der Waals surface area contributed by atoms with Crippen LogP contribution in [0.25, 0.3) is 0 Å². The number of ether oxygens (including phenoxy) is 1. The molecule has 0 spiro atoms. The molecule has 0 bridgehead atoms. The van der Waals surface area contributed by atoms with Crippen LogP contribution in [0.2, 0.25) is 0 Å². The van der Waals surface area contributed by atoms with E-state index in [1.165, 1.54) is 18.4 Å². The van der Waals surface area contributed by atoms with E-state index in [1.807, 2.05) is 6.07 Å². The third kappa shape index (κ3) is 2.66. The van der Waals surface area contributed by atoms with Crippen molar-refractivity contribution in [3.8, 4) is 0 Å². The molecule has 0 unspecified atom stereocenters. The number of anilines is 2. The Morgan fingerprint density at radius 1 is 1.56 bits per heavy atom. The molecule has 0 saturated heterocycles. The number of carbonyl (C=O) groups excluding carboxylic acids is 1. The average molecular weight is 242 g/mol. The van der Waals surface area contributed by atoms with Gasteiger partial charge >= 0.3 is 5.97 Å². The summed E-state index contributed by atoms with van der Waals surface area (Å²) in [6.07, 6.45) is 1.07. The molecule has 16 heavy (non-hydrogen) atoms. The van der Waals surface area contributed by atoms with Crippen LogP contribution in [0.3, 0.4) is 0 Å². The summed E-state index contributed by atoms with van der Waals surface area (Å²) >= 11 is 1.39. The van der Waals surface area contributed by atoms with Gasteiger partial charge in [0.2, 0.25) is 0 Å². The minimum absolute atomic E-state index is 0.360. The van der Waals surface area contributed by atoms with Gasteiger partial charge in [-0.2, -0.15) is 0 Å². The van der Waals surface area contributed by atoms with Crippen LogP contribution < -0.4 is 10.6 Å². The van der Waals surface area contributed by atoms with Crippen LogP contribution in [-0.2, 0) is 4.74 Å². The third-order valence-electron chi connectivity index (χ3n) is 2.31. The Balaban J connectivity index is 2.94. The highest BCUT2D eigenvalue weighted by atomic mass is 32.1. The molecule has 1 heterocycles. The van der Waals surface area contributed by atoms with Crippen LogP contribution in [0, 0.1) is 0 Å². The van der Waals surface area contributed by atoms with E-state index in [0.29, 0.717) is 10.6 Å². The van der Waals surface area contributed by atoms with Gasteiger partial charge in [-0.15, -0.1) is 11.3 Å². The second-order valence-electron chi connectivity index (χ2n) is 3.44. The fraction of sp³-hybridized carbons (Fsp3) is 0.545. The van der Waals surface area contributed by atoms with Crippen molar-refractivity contribution < 1.29 is 9.53 Å². The molecule has 0 aliphatic heterocycles. The quantitative estimate of drug-likeness (QED) is 0.805. The van der Waals surface area contributed by atoms with Gasteiger partial charge in [-0.1, -0.05) is 6.92 Å². The van der Waals surface area contributed by atoms with E-state index in [1.54, 1.807) is 0 Å². The molecule has 0 aromatic carbocycles. The molecular weight excluding hydrogens is 224 g/mol. The summed E-state index contributed by atoms with van der Waals surface area (Å²) in [6, 6.07) is 1.84. The molecule has 0 aliphatic rings. The number of nitrogens with two attached hydrogens (primary N) is 1. The smallest absolute Gasteiger partial charge is 0.350 e. The highest BCUT2D eigenvalue weighted by Crippen LogP contribution is 2.32. The van der Waals surface area contributed by atoms with Crippen LogP contribution in [-0.4, -0.2) is 26.2 Å². The summed E-state index contributed by atoms with van der Waals surface area (Å²) in [5, 5.41) is 1.03. The molecule has 90 valence electrons. The van der Waals surface area contributed by atoms with E-state index in [-0.39, 0.29) is 5.97 Å². The van der Waals surface area contributed by atoms with Crippen LogP contribution in [0.4, 0.5) is 10.7 Å². The van der Waals surface area contributed by atoms with Gasteiger partial charge < -0.3 is 15.4 Å². The maximum absolute atomic E-state index is 11.4. The first-order valence-electron chi connectivity index (χ1n) is 5.36. The molecule has 5 heteroatoms. The maximum atomic E-state index is 11.4. The number of rotatable bonds is 5. The summed E-state index contributed by atoms with van der Waals surface area (Å²) < 4.78 is 4.68. The minimum atomic E-state index is -0.360. The van der Waals surface area contributed by atoms with Crippen molar-refractivity contribution in [2.24, 2.45) is 0 Å². The SMILES string of the molecule is CCCN(CC)c1cc(N)c(C(=O)OC)s1. The Morgan fingerprint density at radius 2 is 2.25 bits per heavy atom. The molecule has 0 fully saturated rings. The molecule has 0 radical (unpaired) electrons. The second kappa shape index (κ2) is 5.75. The van der Waals surface area contributed by atoms with E-state index in [2.05, 4.69) is 23.5 Å². The number of thiophene rings is 1. The lowest BCUT2D eigenvalue weighted by Gasteiger charge is -2.19. The van der Waals surface area contributed by atoms with Crippen molar-refractivity contribution in [1.82, 2.24) is 0 Å². The molecule has 1 aromatic rings. The molecule has 0 aliphatic carbocycles.